The van der Waals surface area contributed by atoms with Gasteiger partial charge in [-0.1, -0.05) is 0 Å². The fraction of sp³-hybridized carbons (Fsp3) is 0.545. The summed E-state index contributed by atoms with van der Waals surface area (Å²) in [5.74, 6) is 1.70. The van der Waals surface area contributed by atoms with Gasteiger partial charge in [0.25, 0.3) is 0 Å². The Morgan fingerprint density at radius 1 is 1.13 bits per heavy atom. The van der Waals surface area contributed by atoms with Gasteiger partial charge in [-0.3, -0.25) is 10.1 Å². The van der Waals surface area contributed by atoms with Gasteiger partial charge in [0.05, 0.1) is 23.5 Å². The summed E-state index contributed by atoms with van der Waals surface area (Å²) in [6, 6.07) is 2.02. The largest absolute Gasteiger partial charge is 0.396 e. The summed E-state index contributed by atoms with van der Waals surface area (Å²) in [5.41, 5.74) is 3.19. The predicted octanol–water partition coefficient (Wildman–Crippen LogP) is 2.40. The predicted molar refractivity (Wildman–Crippen MR) is 116 cm³/mol. The number of nitrogens with zero attached hydrogens (tertiary/aromatic N) is 6. The maximum absolute atomic E-state index is 9.13. The smallest absolute Gasteiger partial charge is 0.165 e. The molecule has 2 fully saturated rings. The number of rotatable bonds is 5. The minimum Gasteiger partial charge on any atom is -0.396 e. The van der Waals surface area contributed by atoms with Crippen molar-refractivity contribution in [1.82, 2.24) is 30.0 Å². The Labute approximate surface area is 176 Å². The van der Waals surface area contributed by atoms with Gasteiger partial charge in [-0.25, -0.2) is 9.97 Å². The number of aliphatic hydroxyl groups is 1. The highest BCUT2D eigenvalue weighted by Gasteiger charge is 2.40. The number of hydrogen-bond donors (Lipinski definition) is 2. The first kappa shape index (κ1) is 19.4. The molecule has 5 heterocycles. The van der Waals surface area contributed by atoms with Crippen molar-refractivity contribution < 1.29 is 5.11 Å². The topological polar surface area (TPSA) is 94.1 Å². The van der Waals surface area contributed by atoms with Gasteiger partial charge >= 0.3 is 0 Å². The van der Waals surface area contributed by atoms with Crippen molar-refractivity contribution in [2.24, 2.45) is 5.41 Å². The van der Waals surface area contributed by atoms with E-state index < -0.39 is 0 Å². The summed E-state index contributed by atoms with van der Waals surface area (Å²) in [4.78, 5) is 19.0. The summed E-state index contributed by atoms with van der Waals surface area (Å²) in [6.07, 6.45) is 9.93. The van der Waals surface area contributed by atoms with Crippen molar-refractivity contribution in [3.05, 3.63) is 30.4 Å². The molecule has 0 aliphatic carbocycles. The highest BCUT2D eigenvalue weighted by Crippen LogP contribution is 2.42. The van der Waals surface area contributed by atoms with E-state index in [1.165, 1.54) is 19.3 Å². The number of likely N-dealkylation sites (tertiary alicyclic amines) is 1. The quantitative estimate of drug-likeness (QED) is 0.671. The van der Waals surface area contributed by atoms with E-state index in [9.17, 15) is 0 Å². The molecule has 0 aromatic carbocycles. The number of piperidine rings is 1. The maximum Gasteiger partial charge on any atom is 0.165 e. The number of aryl methyl sites for hydroxylation is 1. The second-order valence-corrected chi connectivity index (χ2v) is 8.76. The number of aliphatic hydroxyl groups excluding tert-OH is 1. The lowest BCUT2D eigenvalue weighted by atomic mass is 9.77. The van der Waals surface area contributed by atoms with Gasteiger partial charge in [0.15, 0.2) is 5.82 Å². The van der Waals surface area contributed by atoms with Crippen molar-refractivity contribution in [3.63, 3.8) is 0 Å². The molecule has 8 heteroatoms. The molecule has 3 aromatic heterocycles. The van der Waals surface area contributed by atoms with Gasteiger partial charge in [0.2, 0.25) is 0 Å². The summed E-state index contributed by atoms with van der Waals surface area (Å²) < 4.78 is 0. The first-order valence-corrected chi connectivity index (χ1v) is 10.9. The fourth-order valence-electron chi connectivity index (χ4n) is 5.02. The van der Waals surface area contributed by atoms with Crippen molar-refractivity contribution in [2.75, 3.05) is 44.2 Å². The lowest BCUT2D eigenvalue weighted by Gasteiger charge is -2.40. The minimum atomic E-state index is 0.283. The van der Waals surface area contributed by atoms with Gasteiger partial charge in [0, 0.05) is 50.1 Å². The summed E-state index contributed by atoms with van der Waals surface area (Å²) in [5, 5.41) is 17.3. The van der Waals surface area contributed by atoms with E-state index in [1.807, 2.05) is 25.4 Å². The van der Waals surface area contributed by atoms with Crippen LogP contribution in [0.2, 0.25) is 0 Å². The number of aromatic amines is 1. The van der Waals surface area contributed by atoms with Crippen LogP contribution in [-0.4, -0.2) is 74.5 Å². The van der Waals surface area contributed by atoms with Crippen LogP contribution in [0.15, 0.2) is 24.7 Å². The Hall–Kier alpha value is -2.58. The van der Waals surface area contributed by atoms with Gasteiger partial charge < -0.3 is 14.9 Å². The van der Waals surface area contributed by atoms with Crippen LogP contribution in [-0.2, 0) is 0 Å². The molecule has 2 aliphatic rings. The molecule has 2 N–H and O–H groups in total. The van der Waals surface area contributed by atoms with Crippen molar-refractivity contribution >= 4 is 16.7 Å². The molecule has 1 spiro atoms. The lowest BCUT2D eigenvalue weighted by Crippen LogP contribution is -2.42. The van der Waals surface area contributed by atoms with Crippen molar-refractivity contribution in [1.29, 1.82) is 0 Å². The van der Waals surface area contributed by atoms with Crippen LogP contribution in [0.5, 0.6) is 0 Å². The first-order valence-electron chi connectivity index (χ1n) is 10.9. The fourth-order valence-corrected chi connectivity index (χ4v) is 5.02. The number of H-pyrrole nitrogens is 1. The van der Waals surface area contributed by atoms with E-state index in [0.717, 1.165) is 67.1 Å². The monoisotopic (exact) mass is 407 g/mol. The number of fused-ring (bicyclic) bond motifs is 1. The van der Waals surface area contributed by atoms with Crippen molar-refractivity contribution in [2.45, 2.75) is 32.6 Å². The zero-order valence-electron chi connectivity index (χ0n) is 17.5. The van der Waals surface area contributed by atoms with Crippen LogP contribution >= 0.6 is 0 Å². The molecule has 0 saturated carbocycles. The zero-order valence-corrected chi connectivity index (χ0v) is 17.5. The third-order valence-electron chi connectivity index (χ3n) is 6.82. The van der Waals surface area contributed by atoms with Crippen LogP contribution in [0.1, 0.15) is 31.4 Å². The molecular weight excluding hydrogens is 378 g/mol. The van der Waals surface area contributed by atoms with Gasteiger partial charge in [-0.05, 0) is 50.6 Å². The highest BCUT2D eigenvalue weighted by atomic mass is 16.3. The Kier molecular flexibility index (Phi) is 5.12. The molecular formula is C22H29N7O. The Morgan fingerprint density at radius 3 is 2.73 bits per heavy atom. The molecule has 0 bridgehead atoms. The molecule has 0 unspecified atom stereocenters. The normalized spacial score (nSPS) is 19.2. The third kappa shape index (κ3) is 3.54. The lowest BCUT2D eigenvalue weighted by molar-refractivity contribution is 0.196. The molecule has 5 rings (SSSR count). The molecule has 0 atom stereocenters. The molecule has 158 valence electrons. The van der Waals surface area contributed by atoms with Crippen LogP contribution in [0.3, 0.4) is 0 Å². The number of hydrogen-bond acceptors (Lipinski definition) is 7. The molecule has 30 heavy (non-hydrogen) atoms. The molecule has 3 aromatic rings. The molecule has 0 amide bonds. The van der Waals surface area contributed by atoms with E-state index in [2.05, 4.69) is 25.0 Å². The number of pyridine rings is 1. The van der Waals surface area contributed by atoms with E-state index in [0.29, 0.717) is 11.2 Å². The van der Waals surface area contributed by atoms with Crippen molar-refractivity contribution in [3.8, 4) is 11.4 Å². The third-order valence-corrected chi connectivity index (χ3v) is 6.82. The second-order valence-electron chi connectivity index (χ2n) is 8.76. The van der Waals surface area contributed by atoms with Crippen LogP contribution in [0.4, 0.5) is 5.82 Å². The molecule has 8 nitrogen and oxygen atoms in total. The maximum atomic E-state index is 9.13. The number of aromatic nitrogens is 5. The van der Waals surface area contributed by atoms with E-state index in [-0.39, 0.29) is 6.61 Å². The number of nitrogens with one attached hydrogen (secondary N) is 1. The SMILES string of the molecule is Cc1[nH]ncc1-c1nc(N2CCC3(CCN(CCCO)C3)CC2)c2ccncc2n1. The van der Waals surface area contributed by atoms with Crippen LogP contribution in [0, 0.1) is 12.3 Å². The van der Waals surface area contributed by atoms with Crippen LogP contribution < -0.4 is 4.90 Å². The molecule has 0 radical (unpaired) electrons. The Bertz CT molecular complexity index is 1030. The summed E-state index contributed by atoms with van der Waals surface area (Å²) in [7, 11) is 0. The summed E-state index contributed by atoms with van der Waals surface area (Å²) in [6.45, 7) is 7.62. The summed E-state index contributed by atoms with van der Waals surface area (Å²) >= 11 is 0. The standard InChI is InChI=1S/C22H29N7O/c1-16-18(13-24-27-16)20-25-19-14-23-7-3-17(19)21(26-20)29-10-5-22(6-11-29)4-9-28(15-22)8-2-12-30/h3,7,13-14,30H,2,4-6,8-12,15H2,1H3,(H,24,27). The average molecular weight is 408 g/mol. The minimum absolute atomic E-state index is 0.283. The van der Waals surface area contributed by atoms with Gasteiger partial charge in [0.1, 0.15) is 5.82 Å². The molecule has 2 saturated heterocycles. The van der Waals surface area contributed by atoms with E-state index in [1.54, 1.807) is 6.20 Å². The Morgan fingerprint density at radius 2 is 1.97 bits per heavy atom. The molecule has 2 aliphatic heterocycles. The van der Waals surface area contributed by atoms with Gasteiger partial charge in [-0.2, -0.15) is 5.10 Å². The second kappa shape index (κ2) is 7.92. The number of anilines is 1. The first-order chi connectivity index (χ1) is 14.7. The Balaban J connectivity index is 1.40. The zero-order chi connectivity index (χ0) is 20.6. The highest BCUT2D eigenvalue weighted by molar-refractivity contribution is 5.90. The average Bonchev–Trinajstić information content (AvgIpc) is 3.38. The van der Waals surface area contributed by atoms with E-state index >= 15 is 0 Å². The van der Waals surface area contributed by atoms with E-state index in [4.69, 9.17) is 15.1 Å². The van der Waals surface area contributed by atoms with Gasteiger partial charge in [-0.15, -0.1) is 0 Å². The van der Waals surface area contributed by atoms with Crippen LogP contribution in [0.25, 0.3) is 22.3 Å².